The van der Waals surface area contributed by atoms with E-state index in [0.717, 1.165) is 53.5 Å². The van der Waals surface area contributed by atoms with Gasteiger partial charge in [-0.15, -0.1) is 0 Å². The van der Waals surface area contributed by atoms with Crippen LogP contribution in [0.4, 0.5) is 5.82 Å². The number of hydrogen-bond acceptors (Lipinski definition) is 8. The summed E-state index contributed by atoms with van der Waals surface area (Å²) in [4.78, 5) is 11.4. The second-order valence-electron chi connectivity index (χ2n) is 9.73. The van der Waals surface area contributed by atoms with Crippen LogP contribution in [-0.4, -0.2) is 63.7 Å². The first-order valence-corrected chi connectivity index (χ1v) is 13.3. The number of benzene rings is 1. The molecule has 9 heteroatoms. The quantitative estimate of drug-likeness (QED) is 0.303. The molecule has 0 bridgehead atoms. The van der Waals surface area contributed by atoms with Crippen LogP contribution in [0.25, 0.3) is 11.0 Å². The van der Waals surface area contributed by atoms with Crippen LogP contribution in [0, 0.1) is 5.92 Å². The topological polar surface area (TPSA) is 98.7 Å². The molecule has 1 fully saturated rings. The molecule has 0 unspecified atom stereocenters. The summed E-state index contributed by atoms with van der Waals surface area (Å²) in [5.41, 5.74) is 7.75. The predicted octanol–water partition coefficient (Wildman–Crippen LogP) is 3.83. The Balaban J connectivity index is 1.58. The number of methoxy groups -OCH3 is 1. The molecule has 0 saturated heterocycles. The molecule has 4 rings (SSSR count). The third-order valence-corrected chi connectivity index (χ3v) is 7.64. The molecule has 1 aliphatic carbocycles. The lowest BCUT2D eigenvalue weighted by molar-refractivity contribution is -0.210. The van der Waals surface area contributed by atoms with E-state index in [0.29, 0.717) is 12.5 Å². The summed E-state index contributed by atoms with van der Waals surface area (Å²) >= 11 is 1.89. The zero-order valence-electron chi connectivity index (χ0n) is 21.1. The van der Waals surface area contributed by atoms with Gasteiger partial charge in [0, 0.05) is 32.1 Å². The van der Waals surface area contributed by atoms with Crippen molar-refractivity contribution in [3.8, 4) is 5.75 Å². The van der Waals surface area contributed by atoms with Crippen molar-refractivity contribution >= 4 is 28.6 Å². The Morgan fingerprint density at radius 1 is 1.20 bits per heavy atom. The molecular weight excluding hydrogens is 462 g/mol. The minimum atomic E-state index is -1.19. The Bertz CT molecular complexity index is 1100. The molecule has 1 aromatic carbocycles. The summed E-state index contributed by atoms with van der Waals surface area (Å²) in [5, 5.41) is 11.4. The van der Waals surface area contributed by atoms with Crippen molar-refractivity contribution in [2.24, 2.45) is 11.7 Å². The highest BCUT2D eigenvalue weighted by atomic mass is 32.2. The van der Waals surface area contributed by atoms with Crippen molar-refractivity contribution in [3.63, 3.8) is 0 Å². The summed E-state index contributed by atoms with van der Waals surface area (Å²) in [6, 6.07) is 10.3. The van der Waals surface area contributed by atoms with E-state index < -0.39 is 5.79 Å². The van der Waals surface area contributed by atoms with Gasteiger partial charge >= 0.3 is 0 Å². The molecule has 2 heterocycles. The highest BCUT2D eigenvalue weighted by Crippen LogP contribution is 2.42. The van der Waals surface area contributed by atoms with Crippen LogP contribution in [0.2, 0.25) is 0 Å². The minimum Gasteiger partial charge on any atom is -0.497 e. The van der Waals surface area contributed by atoms with Crippen LogP contribution < -0.4 is 15.4 Å². The molecule has 3 atom stereocenters. The number of hydrogen-bond donors (Lipinski definition) is 2. The molecule has 3 N–H and O–H groups in total. The molecule has 1 aliphatic rings. The van der Waals surface area contributed by atoms with Gasteiger partial charge in [0.15, 0.2) is 5.79 Å². The van der Waals surface area contributed by atoms with Gasteiger partial charge in [0.1, 0.15) is 23.5 Å². The maximum Gasteiger partial charge on any atom is 0.160 e. The number of rotatable bonds is 11. The van der Waals surface area contributed by atoms with Gasteiger partial charge in [0.25, 0.3) is 0 Å². The zero-order chi connectivity index (χ0) is 25.0. The molecule has 0 radical (unpaired) electrons. The highest BCUT2D eigenvalue weighted by molar-refractivity contribution is 7.99. The van der Waals surface area contributed by atoms with E-state index in [1.54, 1.807) is 27.3 Å². The maximum atomic E-state index is 10.4. The number of thioether (sulfide) groups is 1. The van der Waals surface area contributed by atoms with E-state index >= 15 is 0 Å². The Morgan fingerprint density at radius 2 is 1.97 bits per heavy atom. The van der Waals surface area contributed by atoms with Crippen molar-refractivity contribution in [1.29, 1.82) is 0 Å². The average molecular weight is 500 g/mol. The standard InChI is InChI=1S/C26H37N5O3S/c1-26(2,32)34-23-14-19(16-35-12-10-27)13-22(23)31-11-9-21-24(28-17-29-25(21)31)30(3)15-18-5-7-20(33-4)8-6-18/h5-9,11,17,19,22-23,32H,10,12-16,27H2,1-4H3/t19-,22+,23+/m0/s1. The number of aromatic nitrogens is 3. The van der Waals surface area contributed by atoms with Crippen molar-refractivity contribution < 1.29 is 14.6 Å². The van der Waals surface area contributed by atoms with E-state index in [9.17, 15) is 5.11 Å². The van der Waals surface area contributed by atoms with Crippen LogP contribution in [0.1, 0.15) is 38.3 Å². The molecular formula is C26H37N5O3S. The van der Waals surface area contributed by atoms with Crippen molar-refractivity contribution in [3.05, 3.63) is 48.4 Å². The second kappa shape index (κ2) is 11.2. The largest absolute Gasteiger partial charge is 0.497 e. The second-order valence-corrected chi connectivity index (χ2v) is 10.9. The van der Waals surface area contributed by atoms with Crippen LogP contribution in [0.3, 0.4) is 0 Å². The number of nitrogens with zero attached hydrogens (tertiary/aromatic N) is 4. The number of fused-ring (bicyclic) bond motifs is 1. The monoisotopic (exact) mass is 499 g/mol. The van der Waals surface area contributed by atoms with Crippen LogP contribution in [0.15, 0.2) is 42.9 Å². The first kappa shape index (κ1) is 25.8. The minimum absolute atomic E-state index is 0.0930. The number of nitrogens with two attached hydrogens (primary N) is 1. The Labute approximate surface area is 211 Å². The summed E-state index contributed by atoms with van der Waals surface area (Å²) < 4.78 is 13.6. The Hall–Kier alpha value is -2.33. The van der Waals surface area contributed by atoms with E-state index in [1.807, 2.05) is 30.9 Å². The van der Waals surface area contributed by atoms with Gasteiger partial charge in [-0.2, -0.15) is 11.8 Å². The third kappa shape index (κ3) is 6.27. The number of anilines is 1. The molecule has 0 spiro atoms. The maximum absolute atomic E-state index is 10.4. The predicted molar refractivity (Wildman–Crippen MR) is 142 cm³/mol. The van der Waals surface area contributed by atoms with Crippen molar-refractivity contribution in [2.75, 3.05) is 37.1 Å². The Morgan fingerprint density at radius 3 is 2.66 bits per heavy atom. The van der Waals surface area contributed by atoms with E-state index in [2.05, 4.69) is 43.8 Å². The molecule has 35 heavy (non-hydrogen) atoms. The van der Waals surface area contributed by atoms with Crippen LogP contribution >= 0.6 is 11.8 Å². The number of aliphatic hydroxyl groups is 1. The smallest absolute Gasteiger partial charge is 0.160 e. The summed E-state index contributed by atoms with van der Waals surface area (Å²) in [7, 11) is 3.72. The average Bonchev–Trinajstić information content (AvgIpc) is 3.42. The SMILES string of the molecule is COc1ccc(CN(C)c2ncnc3c2ccn3[C@@H]2C[C@H](CSCCN)C[C@H]2OC(C)(C)O)cc1. The van der Waals surface area contributed by atoms with Crippen LogP contribution in [-0.2, 0) is 11.3 Å². The van der Waals surface area contributed by atoms with Gasteiger partial charge in [-0.05, 0) is 62.1 Å². The van der Waals surface area contributed by atoms with Gasteiger partial charge in [-0.25, -0.2) is 9.97 Å². The lowest BCUT2D eigenvalue weighted by atomic mass is 10.1. The fraction of sp³-hybridized carbons (Fsp3) is 0.538. The first-order chi connectivity index (χ1) is 16.8. The molecule has 2 aromatic heterocycles. The third-order valence-electron chi connectivity index (χ3n) is 6.41. The molecule has 190 valence electrons. The zero-order valence-corrected chi connectivity index (χ0v) is 21.9. The lowest BCUT2D eigenvalue weighted by Crippen LogP contribution is -2.33. The molecule has 0 amide bonds. The van der Waals surface area contributed by atoms with E-state index in [1.165, 1.54) is 5.56 Å². The normalized spacial score (nSPS) is 20.5. The molecule has 1 saturated carbocycles. The molecule has 3 aromatic rings. The fourth-order valence-electron chi connectivity index (χ4n) is 4.94. The lowest BCUT2D eigenvalue weighted by Gasteiger charge is -2.28. The fourth-order valence-corrected chi connectivity index (χ4v) is 5.88. The molecule has 8 nitrogen and oxygen atoms in total. The van der Waals surface area contributed by atoms with E-state index in [4.69, 9.17) is 15.2 Å². The summed E-state index contributed by atoms with van der Waals surface area (Å²) in [5.74, 6) is 3.05. The van der Waals surface area contributed by atoms with Crippen molar-refractivity contribution in [1.82, 2.24) is 14.5 Å². The first-order valence-electron chi connectivity index (χ1n) is 12.1. The van der Waals surface area contributed by atoms with Gasteiger partial charge in [-0.3, -0.25) is 0 Å². The van der Waals surface area contributed by atoms with Gasteiger partial charge in [-0.1, -0.05) is 12.1 Å². The van der Waals surface area contributed by atoms with Gasteiger partial charge in [0.05, 0.1) is 24.6 Å². The van der Waals surface area contributed by atoms with Gasteiger partial charge < -0.3 is 29.8 Å². The Kier molecular flexibility index (Phi) is 8.21. The van der Waals surface area contributed by atoms with Crippen LogP contribution in [0.5, 0.6) is 5.75 Å². The summed E-state index contributed by atoms with van der Waals surface area (Å²) in [6.07, 6.45) is 5.51. The number of ether oxygens (including phenoxy) is 2. The molecule has 0 aliphatic heterocycles. The van der Waals surface area contributed by atoms with Gasteiger partial charge in [0.2, 0.25) is 0 Å². The van der Waals surface area contributed by atoms with E-state index in [-0.39, 0.29) is 12.1 Å². The van der Waals surface area contributed by atoms with Crippen molar-refractivity contribution in [2.45, 2.75) is 51.2 Å². The summed E-state index contributed by atoms with van der Waals surface area (Å²) in [6.45, 7) is 4.80. The highest BCUT2D eigenvalue weighted by Gasteiger charge is 2.39.